The van der Waals surface area contributed by atoms with Crippen molar-refractivity contribution in [2.45, 2.75) is 50.3 Å². The minimum Gasteiger partial charge on any atom is -0.466 e. The van der Waals surface area contributed by atoms with E-state index in [0.717, 1.165) is 42.0 Å². The molecule has 1 N–H and O–H groups in total. The van der Waals surface area contributed by atoms with Crippen LogP contribution in [0.2, 0.25) is 0 Å². The summed E-state index contributed by atoms with van der Waals surface area (Å²) in [6.07, 6.45) is 8.18. The lowest BCUT2D eigenvalue weighted by Gasteiger charge is -2.15. The topological polar surface area (TPSA) is 85.4 Å². The number of hydrogen-bond acceptors (Lipinski definition) is 5. The monoisotopic (exact) mass is 468 g/mol. The number of benzene rings is 2. The highest BCUT2D eigenvalue weighted by Crippen LogP contribution is 2.20. The Kier molecular flexibility index (Phi) is 9.39. The molecule has 3 rings (SSSR count). The Bertz CT molecular complexity index is 1130. The summed E-state index contributed by atoms with van der Waals surface area (Å²) in [5.41, 5.74) is 1.16. The molecule has 0 bridgehead atoms. The molecule has 0 radical (unpaired) electrons. The second-order valence-corrected chi connectivity index (χ2v) is 9.87. The molecular formula is C26H32N2O4S. The fraction of sp³-hybridized carbons (Fsp3) is 0.385. The van der Waals surface area contributed by atoms with E-state index >= 15 is 0 Å². The molecule has 0 saturated carbocycles. The molecule has 2 aromatic carbocycles. The normalized spacial score (nSPS) is 12.5. The maximum absolute atomic E-state index is 12.7. The smallest absolute Gasteiger partial charge is 0.308 e. The number of nitrogens with one attached hydrogen (secondary N) is 1. The number of hydrogen-bond donors (Lipinski definition) is 1. The van der Waals surface area contributed by atoms with Gasteiger partial charge in [0, 0.05) is 18.9 Å². The highest BCUT2D eigenvalue weighted by Gasteiger charge is 2.19. The molecule has 0 spiro atoms. The van der Waals surface area contributed by atoms with Gasteiger partial charge >= 0.3 is 5.97 Å². The van der Waals surface area contributed by atoms with Crippen molar-refractivity contribution in [1.29, 1.82) is 0 Å². The van der Waals surface area contributed by atoms with Crippen molar-refractivity contribution in [3.8, 4) is 0 Å². The molecular weight excluding hydrogens is 436 g/mol. The molecule has 0 saturated heterocycles. The molecule has 1 aromatic heterocycles. The van der Waals surface area contributed by atoms with Gasteiger partial charge in [-0.2, -0.15) is 0 Å². The average Bonchev–Trinajstić information content (AvgIpc) is 2.83. The number of fused-ring (bicyclic) bond motifs is 1. The van der Waals surface area contributed by atoms with E-state index in [0.29, 0.717) is 26.0 Å². The summed E-state index contributed by atoms with van der Waals surface area (Å²) in [6.45, 7) is 2.51. The summed E-state index contributed by atoms with van der Waals surface area (Å²) < 4.78 is 33.2. The lowest BCUT2D eigenvalue weighted by molar-refractivity contribution is -0.148. The highest BCUT2D eigenvalue weighted by atomic mass is 32.2. The van der Waals surface area contributed by atoms with Gasteiger partial charge in [0.05, 0.1) is 17.4 Å². The number of aromatic nitrogens is 1. The Labute approximate surface area is 196 Å². The van der Waals surface area contributed by atoms with Gasteiger partial charge in [-0.1, -0.05) is 42.8 Å². The summed E-state index contributed by atoms with van der Waals surface area (Å²) >= 11 is 0. The number of carbonyl (C=O) groups excluding carboxylic acids is 1. The molecule has 33 heavy (non-hydrogen) atoms. The third-order valence-corrected chi connectivity index (χ3v) is 7.12. The Morgan fingerprint density at radius 2 is 1.79 bits per heavy atom. The van der Waals surface area contributed by atoms with E-state index in [-0.39, 0.29) is 16.8 Å². The molecule has 3 aromatic rings. The molecule has 0 aliphatic heterocycles. The Morgan fingerprint density at radius 1 is 1.00 bits per heavy atom. The van der Waals surface area contributed by atoms with E-state index in [1.165, 1.54) is 0 Å². The van der Waals surface area contributed by atoms with Crippen molar-refractivity contribution >= 4 is 26.8 Å². The number of nitrogens with zero attached hydrogens (tertiary/aromatic N) is 1. The molecule has 0 aliphatic carbocycles. The predicted octanol–water partition coefficient (Wildman–Crippen LogP) is 4.89. The van der Waals surface area contributed by atoms with Crippen molar-refractivity contribution in [3.63, 3.8) is 0 Å². The van der Waals surface area contributed by atoms with Gasteiger partial charge in [-0.05, 0) is 73.6 Å². The lowest BCUT2D eigenvalue weighted by Crippen LogP contribution is -2.25. The second-order valence-electron chi connectivity index (χ2n) is 8.10. The summed E-state index contributed by atoms with van der Waals surface area (Å²) in [7, 11) is -3.57. The minimum absolute atomic E-state index is 0.166. The minimum atomic E-state index is -3.57. The van der Waals surface area contributed by atoms with E-state index in [9.17, 15) is 13.2 Å². The SMILES string of the molecule is CCOC(=O)C(CCCCNS(=O)(=O)c1ccc2ccccc2c1)CCCc1cccnc1. The van der Waals surface area contributed by atoms with Crippen LogP contribution in [0.4, 0.5) is 0 Å². The molecule has 1 unspecified atom stereocenters. The molecule has 1 atom stereocenters. The second kappa shape index (κ2) is 12.5. The van der Waals surface area contributed by atoms with Gasteiger partial charge in [0.15, 0.2) is 0 Å². The van der Waals surface area contributed by atoms with Crippen LogP contribution in [0.1, 0.15) is 44.6 Å². The molecule has 7 heteroatoms. The van der Waals surface area contributed by atoms with Crippen molar-refractivity contribution in [1.82, 2.24) is 9.71 Å². The van der Waals surface area contributed by atoms with Gasteiger partial charge in [0.1, 0.15) is 0 Å². The first-order chi connectivity index (χ1) is 16.0. The molecule has 0 amide bonds. The van der Waals surface area contributed by atoms with E-state index in [1.54, 1.807) is 18.3 Å². The van der Waals surface area contributed by atoms with Crippen LogP contribution in [0.3, 0.4) is 0 Å². The van der Waals surface area contributed by atoms with Crippen LogP contribution in [0, 0.1) is 5.92 Å². The van der Waals surface area contributed by atoms with E-state index in [4.69, 9.17) is 4.74 Å². The number of esters is 1. The first-order valence-corrected chi connectivity index (χ1v) is 13.0. The standard InChI is InChI=1S/C26H32N2O4S/c1-2-32-26(29)23(14-7-9-21-10-8-17-27-20-21)12-5-6-18-28-33(30,31)25-16-15-22-11-3-4-13-24(22)19-25/h3-4,8,10-11,13,15-17,19-20,23,28H,2,5-7,9,12,14,18H2,1H3. The van der Waals surface area contributed by atoms with Gasteiger partial charge in [-0.25, -0.2) is 13.1 Å². The van der Waals surface area contributed by atoms with Crippen LogP contribution in [-0.2, 0) is 26.0 Å². The zero-order valence-electron chi connectivity index (χ0n) is 19.1. The number of carbonyl (C=O) groups is 1. The highest BCUT2D eigenvalue weighted by molar-refractivity contribution is 7.89. The van der Waals surface area contributed by atoms with Crippen LogP contribution in [0.5, 0.6) is 0 Å². The molecule has 176 valence electrons. The van der Waals surface area contributed by atoms with Crippen molar-refractivity contribution < 1.29 is 17.9 Å². The number of rotatable bonds is 13. The van der Waals surface area contributed by atoms with Crippen molar-refractivity contribution in [2.24, 2.45) is 5.92 Å². The van der Waals surface area contributed by atoms with Crippen molar-refractivity contribution in [2.75, 3.05) is 13.2 Å². The third kappa shape index (κ3) is 7.65. The fourth-order valence-electron chi connectivity index (χ4n) is 3.88. The zero-order chi connectivity index (χ0) is 23.5. The average molecular weight is 469 g/mol. The quantitative estimate of drug-likeness (QED) is 0.285. The van der Waals surface area contributed by atoms with E-state index in [2.05, 4.69) is 9.71 Å². The van der Waals surface area contributed by atoms with Gasteiger partial charge < -0.3 is 4.74 Å². The third-order valence-electron chi connectivity index (χ3n) is 5.66. The summed E-state index contributed by atoms with van der Waals surface area (Å²) in [6, 6.07) is 16.8. The van der Waals surface area contributed by atoms with Crippen LogP contribution in [-0.4, -0.2) is 32.5 Å². The van der Waals surface area contributed by atoms with Gasteiger partial charge in [-0.15, -0.1) is 0 Å². The molecule has 1 heterocycles. The van der Waals surface area contributed by atoms with E-state index in [1.807, 2.05) is 55.6 Å². The molecule has 0 fully saturated rings. The van der Waals surface area contributed by atoms with Gasteiger partial charge in [-0.3, -0.25) is 9.78 Å². The zero-order valence-corrected chi connectivity index (χ0v) is 19.9. The maximum atomic E-state index is 12.7. The summed E-state index contributed by atoms with van der Waals surface area (Å²) in [5, 5.41) is 1.90. The Balaban J connectivity index is 1.46. The first kappa shape index (κ1) is 24.9. The van der Waals surface area contributed by atoms with Crippen LogP contribution in [0.15, 0.2) is 71.9 Å². The maximum Gasteiger partial charge on any atom is 0.308 e. The van der Waals surface area contributed by atoms with Crippen LogP contribution in [0.25, 0.3) is 10.8 Å². The van der Waals surface area contributed by atoms with E-state index < -0.39 is 10.0 Å². The number of ether oxygens (including phenoxy) is 1. The van der Waals surface area contributed by atoms with Crippen molar-refractivity contribution in [3.05, 3.63) is 72.6 Å². The number of sulfonamides is 1. The van der Waals surface area contributed by atoms with Crippen LogP contribution >= 0.6 is 0 Å². The summed E-state index contributed by atoms with van der Waals surface area (Å²) in [5.74, 6) is -0.334. The first-order valence-electron chi connectivity index (χ1n) is 11.5. The largest absolute Gasteiger partial charge is 0.466 e. The Hall–Kier alpha value is -2.77. The molecule has 6 nitrogen and oxygen atoms in total. The number of aryl methyl sites for hydroxylation is 1. The lowest BCUT2D eigenvalue weighted by atomic mass is 9.95. The Morgan fingerprint density at radius 3 is 2.55 bits per heavy atom. The number of pyridine rings is 1. The fourth-order valence-corrected chi connectivity index (χ4v) is 4.99. The summed E-state index contributed by atoms with van der Waals surface area (Å²) in [4.78, 5) is 16.7. The predicted molar refractivity (Wildman–Crippen MR) is 130 cm³/mol. The van der Waals surface area contributed by atoms with Crippen LogP contribution < -0.4 is 4.72 Å². The van der Waals surface area contributed by atoms with Gasteiger partial charge in [0.2, 0.25) is 10.0 Å². The van der Waals surface area contributed by atoms with Gasteiger partial charge in [0.25, 0.3) is 0 Å². The number of unbranched alkanes of at least 4 members (excludes halogenated alkanes) is 1. The molecule has 0 aliphatic rings.